The third-order valence-corrected chi connectivity index (χ3v) is 2.62. The standard InChI is InChI=1S/C11H18N4O3/c1-4-6-12-10(16)7(3)15-8(5-2)9(11(17)18)13-14-15/h7H,4-6H2,1-3H3,(H,12,16)(H,17,18). The first-order valence-electron chi connectivity index (χ1n) is 5.97. The number of carboxylic acid groups (broad SMARTS) is 1. The Labute approximate surface area is 105 Å². The number of carbonyl (C=O) groups excluding carboxylic acids is 1. The molecule has 0 aliphatic heterocycles. The number of nitrogens with zero attached hydrogens (tertiary/aromatic N) is 3. The molecule has 100 valence electrons. The average Bonchev–Trinajstić information content (AvgIpc) is 2.78. The number of hydrogen-bond donors (Lipinski definition) is 2. The Kier molecular flexibility index (Phi) is 4.82. The van der Waals surface area contributed by atoms with Gasteiger partial charge >= 0.3 is 5.97 Å². The number of nitrogens with one attached hydrogen (secondary N) is 1. The number of aromatic nitrogens is 3. The first-order chi connectivity index (χ1) is 8.52. The summed E-state index contributed by atoms with van der Waals surface area (Å²) in [4.78, 5) is 22.7. The molecule has 0 radical (unpaired) electrons. The lowest BCUT2D eigenvalue weighted by Crippen LogP contribution is -2.32. The van der Waals surface area contributed by atoms with Crippen molar-refractivity contribution in [2.45, 2.75) is 39.7 Å². The van der Waals surface area contributed by atoms with Gasteiger partial charge in [0.25, 0.3) is 0 Å². The molecule has 7 nitrogen and oxygen atoms in total. The molecule has 1 amide bonds. The van der Waals surface area contributed by atoms with Crippen molar-refractivity contribution in [1.82, 2.24) is 20.3 Å². The van der Waals surface area contributed by atoms with E-state index in [1.165, 1.54) is 4.68 Å². The number of carboxylic acids is 1. The van der Waals surface area contributed by atoms with Gasteiger partial charge < -0.3 is 10.4 Å². The van der Waals surface area contributed by atoms with Crippen LogP contribution in [-0.2, 0) is 11.2 Å². The van der Waals surface area contributed by atoms with Gasteiger partial charge in [0, 0.05) is 6.54 Å². The maximum atomic E-state index is 11.8. The molecule has 1 atom stereocenters. The smallest absolute Gasteiger partial charge is 0.358 e. The van der Waals surface area contributed by atoms with Crippen LogP contribution in [0.3, 0.4) is 0 Å². The predicted octanol–water partition coefficient (Wildman–Crippen LogP) is 0.626. The largest absolute Gasteiger partial charge is 0.476 e. The minimum atomic E-state index is -1.13. The molecular formula is C11H18N4O3. The second-order valence-corrected chi connectivity index (χ2v) is 3.96. The molecule has 1 heterocycles. The molecule has 0 aliphatic carbocycles. The summed E-state index contributed by atoms with van der Waals surface area (Å²) in [5.74, 6) is -1.31. The fourth-order valence-electron chi connectivity index (χ4n) is 1.63. The maximum Gasteiger partial charge on any atom is 0.358 e. The first kappa shape index (κ1) is 14.1. The SMILES string of the molecule is CCCNC(=O)C(C)n1nnc(C(=O)O)c1CC. The van der Waals surface area contributed by atoms with Crippen molar-refractivity contribution in [3.8, 4) is 0 Å². The Morgan fingerprint density at radius 2 is 2.11 bits per heavy atom. The highest BCUT2D eigenvalue weighted by atomic mass is 16.4. The first-order valence-corrected chi connectivity index (χ1v) is 5.97. The zero-order chi connectivity index (χ0) is 13.7. The Balaban J connectivity index is 2.95. The lowest BCUT2D eigenvalue weighted by Gasteiger charge is -2.13. The molecule has 1 aromatic heterocycles. The third-order valence-electron chi connectivity index (χ3n) is 2.62. The minimum absolute atomic E-state index is 0.0901. The lowest BCUT2D eigenvalue weighted by molar-refractivity contribution is -0.124. The van der Waals surface area contributed by atoms with Gasteiger partial charge in [-0.2, -0.15) is 0 Å². The minimum Gasteiger partial charge on any atom is -0.476 e. The van der Waals surface area contributed by atoms with Gasteiger partial charge in [0.05, 0.1) is 5.69 Å². The normalized spacial score (nSPS) is 12.2. The number of amides is 1. The Hall–Kier alpha value is -1.92. The van der Waals surface area contributed by atoms with Gasteiger partial charge in [-0.1, -0.05) is 19.1 Å². The summed E-state index contributed by atoms with van der Waals surface area (Å²) in [6, 6.07) is -0.563. The molecule has 18 heavy (non-hydrogen) atoms. The Morgan fingerprint density at radius 1 is 1.44 bits per heavy atom. The second kappa shape index (κ2) is 6.13. The summed E-state index contributed by atoms with van der Waals surface area (Å²) in [6.45, 7) is 6.02. The van der Waals surface area contributed by atoms with Crippen molar-refractivity contribution in [2.75, 3.05) is 6.54 Å². The van der Waals surface area contributed by atoms with Crippen molar-refractivity contribution in [3.63, 3.8) is 0 Å². The number of carbonyl (C=O) groups is 2. The van der Waals surface area contributed by atoms with Gasteiger partial charge in [-0.3, -0.25) is 4.79 Å². The van der Waals surface area contributed by atoms with E-state index in [2.05, 4.69) is 15.6 Å². The van der Waals surface area contributed by atoms with Crippen LogP contribution in [0.15, 0.2) is 0 Å². The van der Waals surface area contributed by atoms with E-state index >= 15 is 0 Å². The summed E-state index contributed by atoms with van der Waals surface area (Å²) in [5.41, 5.74) is 0.370. The van der Waals surface area contributed by atoms with Crippen LogP contribution in [0, 0.1) is 0 Å². The molecule has 0 bridgehead atoms. The highest BCUT2D eigenvalue weighted by molar-refractivity contribution is 5.87. The van der Waals surface area contributed by atoms with E-state index in [4.69, 9.17) is 5.11 Å². The molecule has 0 spiro atoms. The summed E-state index contributed by atoms with van der Waals surface area (Å²) in [7, 11) is 0. The van der Waals surface area contributed by atoms with Gasteiger partial charge in [-0.15, -0.1) is 5.10 Å². The Morgan fingerprint density at radius 3 is 2.61 bits per heavy atom. The molecule has 1 rings (SSSR count). The topological polar surface area (TPSA) is 97.1 Å². The molecule has 0 fully saturated rings. The molecule has 0 aliphatic rings. The zero-order valence-corrected chi connectivity index (χ0v) is 10.8. The quantitative estimate of drug-likeness (QED) is 0.775. The predicted molar refractivity (Wildman–Crippen MR) is 64.4 cm³/mol. The van der Waals surface area contributed by atoms with Crippen LogP contribution < -0.4 is 5.32 Å². The fourth-order valence-corrected chi connectivity index (χ4v) is 1.63. The van der Waals surface area contributed by atoms with E-state index in [1.807, 2.05) is 6.92 Å². The van der Waals surface area contributed by atoms with Gasteiger partial charge in [-0.05, 0) is 19.8 Å². The molecule has 1 unspecified atom stereocenters. The summed E-state index contributed by atoms with van der Waals surface area (Å²) in [5, 5.41) is 19.1. The van der Waals surface area contributed by atoms with Crippen LogP contribution in [0.5, 0.6) is 0 Å². The number of hydrogen-bond acceptors (Lipinski definition) is 4. The Bertz CT molecular complexity index is 441. The van der Waals surface area contributed by atoms with Crippen LogP contribution in [0.1, 0.15) is 49.4 Å². The number of rotatable bonds is 6. The van der Waals surface area contributed by atoms with Crippen LogP contribution in [0.4, 0.5) is 0 Å². The second-order valence-electron chi connectivity index (χ2n) is 3.96. The van der Waals surface area contributed by atoms with Crippen LogP contribution in [0.2, 0.25) is 0 Å². The van der Waals surface area contributed by atoms with Gasteiger partial charge in [0.2, 0.25) is 5.91 Å². The van der Waals surface area contributed by atoms with Gasteiger partial charge in [0.1, 0.15) is 6.04 Å². The third kappa shape index (κ3) is 2.85. The average molecular weight is 254 g/mol. The van der Waals surface area contributed by atoms with E-state index in [0.29, 0.717) is 18.7 Å². The van der Waals surface area contributed by atoms with E-state index in [-0.39, 0.29) is 11.6 Å². The highest BCUT2D eigenvalue weighted by Crippen LogP contribution is 2.13. The molecule has 1 aromatic rings. The molecule has 0 saturated carbocycles. The van der Waals surface area contributed by atoms with Gasteiger partial charge in [0.15, 0.2) is 5.69 Å². The van der Waals surface area contributed by atoms with Crippen LogP contribution in [0.25, 0.3) is 0 Å². The van der Waals surface area contributed by atoms with E-state index in [0.717, 1.165) is 6.42 Å². The van der Waals surface area contributed by atoms with Gasteiger partial charge in [-0.25, -0.2) is 9.48 Å². The van der Waals surface area contributed by atoms with E-state index < -0.39 is 12.0 Å². The lowest BCUT2D eigenvalue weighted by atomic mass is 10.2. The van der Waals surface area contributed by atoms with Crippen molar-refractivity contribution >= 4 is 11.9 Å². The van der Waals surface area contributed by atoms with E-state index in [1.54, 1.807) is 13.8 Å². The van der Waals surface area contributed by atoms with Crippen molar-refractivity contribution in [3.05, 3.63) is 11.4 Å². The van der Waals surface area contributed by atoms with Crippen LogP contribution in [-0.4, -0.2) is 38.5 Å². The maximum absolute atomic E-state index is 11.8. The monoisotopic (exact) mass is 254 g/mol. The summed E-state index contributed by atoms with van der Waals surface area (Å²) in [6.07, 6.45) is 1.30. The number of aromatic carboxylic acids is 1. The van der Waals surface area contributed by atoms with Crippen molar-refractivity contribution in [1.29, 1.82) is 0 Å². The van der Waals surface area contributed by atoms with E-state index in [9.17, 15) is 9.59 Å². The molecule has 2 N–H and O–H groups in total. The van der Waals surface area contributed by atoms with Crippen molar-refractivity contribution < 1.29 is 14.7 Å². The molecule has 0 saturated heterocycles. The van der Waals surface area contributed by atoms with Crippen LogP contribution >= 0.6 is 0 Å². The molecule has 7 heteroatoms. The zero-order valence-electron chi connectivity index (χ0n) is 10.8. The van der Waals surface area contributed by atoms with Crippen molar-refractivity contribution in [2.24, 2.45) is 0 Å². The highest BCUT2D eigenvalue weighted by Gasteiger charge is 2.23. The molecule has 0 aromatic carbocycles. The summed E-state index contributed by atoms with van der Waals surface area (Å²) >= 11 is 0. The molecular weight excluding hydrogens is 236 g/mol. The summed E-state index contributed by atoms with van der Waals surface area (Å²) < 4.78 is 1.37. The fraction of sp³-hybridized carbons (Fsp3) is 0.636.